The van der Waals surface area contributed by atoms with Crippen molar-refractivity contribution in [3.05, 3.63) is 78.4 Å². The van der Waals surface area contributed by atoms with Crippen LogP contribution in [0.2, 0.25) is 0 Å². The van der Waals surface area contributed by atoms with Crippen LogP contribution < -0.4 is 4.74 Å². The van der Waals surface area contributed by atoms with Gasteiger partial charge in [0.1, 0.15) is 5.75 Å². The monoisotopic (exact) mass is 238 g/mol. The first-order valence-corrected chi connectivity index (χ1v) is 6.25. The molecule has 0 aliphatic rings. The Balaban J connectivity index is 2.25. The summed E-state index contributed by atoms with van der Waals surface area (Å²) in [5.74, 6) is 1.15. The molecule has 1 nitrogen and oxygen atoms in total. The van der Waals surface area contributed by atoms with Crippen molar-refractivity contribution in [3.8, 4) is 5.75 Å². The second-order valence-corrected chi connectivity index (χ2v) is 4.13. The molecule has 0 saturated carbocycles. The highest BCUT2D eigenvalue weighted by atomic mass is 16.5. The summed E-state index contributed by atoms with van der Waals surface area (Å²) in [4.78, 5) is 0. The minimum absolute atomic E-state index is 0.238. The van der Waals surface area contributed by atoms with E-state index in [4.69, 9.17) is 4.74 Å². The average Bonchev–Trinajstić information content (AvgIpc) is 2.43. The second-order valence-electron chi connectivity index (χ2n) is 4.13. The third kappa shape index (κ3) is 2.80. The molecule has 0 aromatic heterocycles. The zero-order chi connectivity index (χ0) is 12.8. The van der Waals surface area contributed by atoms with Crippen molar-refractivity contribution in [2.45, 2.75) is 12.8 Å². The Kier molecular flexibility index (Phi) is 4.19. The summed E-state index contributed by atoms with van der Waals surface area (Å²) in [5.41, 5.74) is 2.50. The predicted molar refractivity (Wildman–Crippen MR) is 76.1 cm³/mol. The van der Waals surface area contributed by atoms with Crippen LogP contribution in [0.4, 0.5) is 0 Å². The van der Waals surface area contributed by atoms with Gasteiger partial charge in [0.25, 0.3) is 0 Å². The standard InChI is InChI=1S/C17H18O/c1-3-17(14-8-6-5-7-9-14)15-10-12-16(13-11-15)18-4-2/h3,5-13,17H,1,4H2,2H3. The van der Waals surface area contributed by atoms with E-state index < -0.39 is 0 Å². The Morgan fingerprint density at radius 2 is 1.61 bits per heavy atom. The Hall–Kier alpha value is -2.02. The predicted octanol–water partition coefficient (Wildman–Crippen LogP) is 4.40. The smallest absolute Gasteiger partial charge is 0.119 e. The van der Waals surface area contributed by atoms with Gasteiger partial charge in [0, 0.05) is 5.92 Å². The van der Waals surface area contributed by atoms with Crippen molar-refractivity contribution in [1.82, 2.24) is 0 Å². The molecular formula is C17H18O. The fraction of sp³-hybridized carbons (Fsp3) is 0.176. The quantitative estimate of drug-likeness (QED) is 0.701. The van der Waals surface area contributed by atoms with E-state index in [9.17, 15) is 0 Å². The van der Waals surface area contributed by atoms with Gasteiger partial charge in [-0.1, -0.05) is 48.5 Å². The van der Waals surface area contributed by atoms with Gasteiger partial charge < -0.3 is 4.74 Å². The topological polar surface area (TPSA) is 9.23 Å². The molecule has 0 saturated heterocycles. The zero-order valence-electron chi connectivity index (χ0n) is 10.7. The fourth-order valence-corrected chi connectivity index (χ4v) is 2.06. The van der Waals surface area contributed by atoms with Crippen molar-refractivity contribution >= 4 is 0 Å². The highest BCUT2D eigenvalue weighted by Gasteiger charge is 2.09. The maximum atomic E-state index is 5.45. The number of rotatable bonds is 5. The van der Waals surface area contributed by atoms with Gasteiger partial charge in [-0.15, -0.1) is 6.58 Å². The van der Waals surface area contributed by atoms with Crippen molar-refractivity contribution < 1.29 is 4.74 Å². The van der Waals surface area contributed by atoms with Crippen molar-refractivity contribution in [1.29, 1.82) is 0 Å². The van der Waals surface area contributed by atoms with Crippen LogP contribution >= 0.6 is 0 Å². The molecule has 0 N–H and O–H groups in total. The Labute approximate surface area is 109 Å². The highest BCUT2D eigenvalue weighted by Crippen LogP contribution is 2.26. The maximum Gasteiger partial charge on any atom is 0.119 e. The lowest BCUT2D eigenvalue weighted by Gasteiger charge is -2.14. The molecule has 2 aromatic carbocycles. The maximum absolute atomic E-state index is 5.45. The minimum Gasteiger partial charge on any atom is -0.494 e. The lowest BCUT2D eigenvalue weighted by molar-refractivity contribution is 0.340. The molecule has 2 rings (SSSR count). The summed E-state index contributed by atoms with van der Waals surface area (Å²) >= 11 is 0. The summed E-state index contributed by atoms with van der Waals surface area (Å²) in [7, 11) is 0. The molecule has 1 heteroatoms. The lowest BCUT2D eigenvalue weighted by Crippen LogP contribution is -1.97. The molecule has 92 valence electrons. The Bertz CT molecular complexity index is 485. The van der Waals surface area contributed by atoms with Gasteiger partial charge in [-0.05, 0) is 30.2 Å². The third-order valence-corrected chi connectivity index (χ3v) is 2.94. The average molecular weight is 238 g/mol. The molecule has 1 atom stereocenters. The van der Waals surface area contributed by atoms with Crippen LogP contribution in [0.25, 0.3) is 0 Å². The van der Waals surface area contributed by atoms with Gasteiger partial charge in [0.15, 0.2) is 0 Å². The molecular weight excluding hydrogens is 220 g/mol. The van der Waals surface area contributed by atoms with Crippen molar-refractivity contribution in [2.75, 3.05) is 6.61 Å². The minimum atomic E-state index is 0.238. The van der Waals surface area contributed by atoms with E-state index in [2.05, 4.69) is 43.0 Å². The van der Waals surface area contributed by atoms with Crippen LogP contribution in [0.1, 0.15) is 24.0 Å². The van der Waals surface area contributed by atoms with E-state index in [0.29, 0.717) is 6.61 Å². The fourth-order valence-electron chi connectivity index (χ4n) is 2.06. The molecule has 2 aromatic rings. The molecule has 1 unspecified atom stereocenters. The normalized spacial score (nSPS) is 11.8. The van der Waals surface area contributed by atoms with Gasteiger partial charge in [0.05, 0.1) is 6.61 Å². The second kappa shape index (κ2) is 6.06. The number of hydrogen-bond acceptors (Lipinski definition) is 1. The van der Waals surface area contributed by atoms with Gasteiger partial charge in [-0.3, -0.25) is 0 Å². The van der Waals surface area contributed by atoms with E-state index in [1.165, 1.54) is 11.1 Å². The first-order chi connectivity index (χ1) is 8.85. The largest absolute Gasteiger partial charge is 0.494 e. The Morgan fingerprint density at radius 3 is 2.17 bits per heavy atom. The molecule has 0 heterocycles. The van der Waals surface area contributed by atoms with E-state index >= 15 is 0 Å². The first kappa shape index (κ1) is 12.4. The van der Waals surface area contributed by atoms with Crippen LogP contribution in [0.5, 0.6) is 5.75 Å². The SMILES string of the molecule is C=CC(c1ccccc1)c1ccc(OCC)cc1. The zero-order valence-corrected chi connectivity index (χ0v) is 10.7. The van der Waals surface area contributed by atoms with Gasteiger partial charge >= 0.3 is 0 Å². The Morgan fingerprint density at radius 1 is 1.00 bits per heavy atom. The van der Waals surface area contributed by atoms with Crippen LogP contribution in [-0.2, 0) is 0 Å². The van der Waals surface area contributed by atoms with E-state index in [0.717, 1.165) is 5.75 Å². The van der Waals surface area contributed by atoms with E-state index in [1.54, 1.807) is 0 Å². The summed E-state index contributed by atoms with van der Waals surface area (Å²) in [5, 5.41) is 0. The van der Waals surface area contributed by atoms with Crippen LogP contribution in [0, 0.1) is 0 Å². The first-order valence-electron chi connectivity index (χ1n) is 6.25. The number of benzene rings is 2. The van der Waals surface area contributed by atoms with Crippen LogP contribution in [0.3, 0.4) is 0 Å². The summed E-state index contributed by atoms with van der Waals surface area (Å²) in [6.07, 6.45) is 1.98. The third-order valence-electron chi connectivity index (χ3n) is 2.94. The number of ether oxygens (including phenoxy) is 1. The molecule has 0 radical (unpaired) electrons. The van der Waals surface area contributed by atoms with E-state index in [1.807, 2.05) is 31.2 Å². The van der Waals surface area contributed by atoms with Crippen molar-refractivity contribution in [2.24, 2.45) is 0 Å². The molecule has 0 aliphatic carbocycles. The van der Waals surface area contributed by atoms with Crippen LogP contribution in [0.15, 0.2) is 67.3 Å². The summed E-state index contributed by atoms with van der Waals surface area (Å²) in [6, 6.07) is 18.6. The van der Waals surface area contributed by atoms with Gasteiger partial charge in [0.2, 0.25) is 0 Å². The van der Waals surface area contributed by atoms with Crippen LogP contribution in [-0.4, -0.2) is 6.61 Å². The summed E-state index contributed by atoms with van der Waals surface area (Å²) < 4.78 is 5.45. The molecule has 0 aliphatic heterocycles. The molecule has 0 bridgehead atoms. The van der Waals surface area contributed by atoms with Crippen molar-refractivity contribution in [3.63, 3.8) is 0 Å². The highest BCUT2D eigenvalue weighted by molar-refractivity contribution is 5.38. The summed E-state index contributed by atoms with van der Waals surface area (Å²) in [6.45, 7) is 6.63. The molecule has 0 fully saturated rings. The molecule has 0 spiro atoms. The lowest BCUT2D eigenvalue weighted by atomic mass is 9.91. The molecule has 18 heavy (non-hydrogen) atoms. The van der Waals surface area contributed by atoms with Gasteiger partial charge in [-0.25, -0.2) is 0 Å². The molecule has 0 amide bonds. The van der Waals surface area contributed by atoms with E-state index in [-0.39, 0.29) is 5.92 Å². The van der Waals surface area contributed by atoms with Gasteiger partial charge in [-0.2, -0.15) is 0 Å². The number of allylic oxidation sites excluding steroid dienone is 1. The number of hydrogen-bond donors (Lipinski definition) is 0.